The van der Waals surface area contributed by atoms with E-state index in [-0.39, 0.29) is 12.0 Å². The van der Waals surface area contributed by atoms with Crippen molar-refractivity contribution < 1.29 is 9.53 Å². The number of likely N-dealkylation sites (tertiary alicyclic amines) is 1. The van der Waals surface area contributed by atoms with Gasteiger partial charge in [-0.15, -0.1) is 0 Å². The van der Waals surface area contributed by atoms with Gasteiger partial charge in [-0.2, -0.15) is 0 Å². The first-order chi connectivity index (χ1) is 8.72. The van der Waals surface area contributed by atoms with Crippen molar-refractivity contribution in [3.8, 4) is 0 Å². The summed E-state index contributed by atoms with van der Waals surface area (Å²) in [5.74, 6) is -0.0354. The number of amides is 1. The molecule has 98 valence electrons. The molecule has 0 aliphatic carbocycles. The first-order valence-electron chi connectivity index (χ1n) is 6.22. The van der Waals surface area contributed by atoms with Gasteiger partial charge >= 0.3 is 0 Å². The van der Waals surface area contributed by atoms with E-state index in [9.17, 15) is 4.79 Å². The zero-order chi connectivity index (χ0) is 13.0. The highest BCUT2D eigenvalue weighted by atomic mass is 35.5. The normalized spacial score (nSPS) is 19.9. The molecule has 1 unspecified atom stereocenters. The molecule has 0 aromatic carbocycles. The zero-order valence-corrected chi connectivity index (χ0v) is 11.2. The molecule has 1 amide bonds. The molecule has 1 aliphatic rings. The lowest BCUT2D eigenvalue weighted by Crippen LogP contribution is -2.43. The van der Waals surface area contributed by atoms with E-state index in [4.69, 9.17) is 16.3 Å². The maximum absolute atomic E-state index is 12.3. The van der Waals surface area contributed by atoms with Crippen LogP contribution in [-0.4, -0.2) is 41.6 Å². The number of rotatable bonds is 3. The fourth-order valence-corrected chi connectivity index (χ4v) is 2.41. The fraction of sp³-hybridized carbons (Fsp3) is 0.538. The second-order valence-corrected chi connectivity index (χ2v) is 4.73. The predicted octanol–water partition coefficient (Wildman–Crippen LogP) is 2.38. The van der Waals surface area contributed by atoms with Crippen molar-refractivity contribution in [1.29, 1.82) is 0 Å². The van der Waals surface area contributed by atoms with Crippen LogP contribution in [0.4, 0.5) is 0 Å². The number of hydrogen-bond acceptors (Lipinski definition) is 3. The molecule has 1 fully saturated rings. The summed E-state index contributed by atoms with van der Waals surface area (Å²) >= 11 is 5.99. The third-order valence-electron chi connectivity index (χ3n) is 3.07. The van der Waals surface area contributed by atoms with Gasteiger partial charge in [0.25, 0.3) is 5.91 Å². The van der Waals surface area contributed by atoms with E-state index in [1.165, 1.54) is 6.20 Å². The Bertz CT molecular complexity index is 423. The minimum Gasteiger partial charge on any atom is -0.377 e. The van der Waals surface area contributed by atoms with Crippen LogP contribution >= 0.6 is 11.6 Å². The number of carbonyl (C=O) groups excluding carboxylic acids is 1. The molecule has 0 bridgehead atoms. The summed E-state index contributed by atoms with van der Waals surface area (Å²) < 4.78 is 5.59. The second kappa shape index (κ2) is 6.16. The van der Waals surface area contributed by atoms with E-state index in [0.717, 1.165) is 19.4 Å². The standard InChI is InChI=1S/C13H17ClN2O2/c1-2-18-10-4-3-7-16(9-10)13(17)11-5-6-15-8-12(11)14/h5-6,8,10H,2-4,7,9H2,1H3. The molecule has 1 aromatic heterocycles. The molecule has 2 rings (SSSR count). The van der Waals surface area contributed by atoms with Gasteiger partial charge in [-0.1, -0.05) is 11.6 Å². The van der Waals surface area contributed by atoms with Gasteiger partial charge in [-0.25, -0.2) is 0 Å². The van der Waals surface area contributed by atoms with Gasteiger partial charge in [0.05, 0.1) is 16.7 Å². The van der Waals surface area contributed by atoms with Gasteiger partial charge in [0, 0.05) is 32.1 Å². The topological polar surface area (TPSA) is 42.4 Å². The van der Waals surface area contributed by atoms with Crippen molar-refractivity contribution in [2.75, 3.05) is 19.7 Å². The number of piperidine rings is 1. The third kappa shape index (κ3) is 3.00. The van der Waals surface area contributed by atoms with Crippen LogP contribution in [0.1, 0.15) is 30.1 Å². The third-order valence-corrected chi connectivity index (χ3v) is 3.37. The Morgan fingerprint density at radius 1 is 1.67 bits per heavy atom. The number of hydrogen-bond donors (Lipinski definition) is 0. The highest BCUT2D eigenvalue weighted by molar-refractivity contribution is 6.33. The minimum absolute atomic E-state index is 0.0354. The molecule has 0 saturated carbocycles. The first-order valence-corrected chi connectivity index (χ1v) is 6.60. The maximum atomic E-state index is 12.3. The molecule has 0 spiro atoms. The molecule has 1 aliphatic heterocycles. The summed E-state index contributed by atoms with van der Waals surface area (Å²) in [6.45, 7) is 4.07. The van der Waals surface area contributed by atoms with Crippen molar-refractivity contribution in [1.82, 2.24) is 9.88 Å². The summed E-state index contributed by atoms with van der Waals surface area (Å²) in [7, 11) is 0. The summed E-state index contributed by atoms with van der Waals surface area (Å²) in [4.78, 5) is 18.0. The molecular formula is C13H17ClN2O2. The van der Waals surface area contributed by atoms with Crippen molar-refractivity contribution in [3.05, 3.63) is 29.0 Å². The second-order valence-electron chi connectivity index (χ2n) is 4.33. The van der Waals surface area contributed by atoms with Gasteiger partial charge in [0.15, 0.2) is 0 Å². The molecule has 1 atom stereocenters. The van der Waals surface area contributed by atoms with Crippen LogP contribution in [0, 0.1) is 0 Å². The Kier molecular flexibility index (Phi) is 4.55. The van der Waals surface area contributed by atoms with E-state index in [1.807, 2.05) is 11.8 Å². The van der Waals surface area contributed by atoms with Crippen LogP contribution in [0.3, 0.4) is 0 Å². The van der Waals surface area contributed by atoms with Crippen molar-refractivity contribution >= 4 is 17.5 Å². The Labute approximate surface area is 112 Å². The highest BCUT2D eigenvalue weighted by Crippen LogP contribution is 2.20. The average molecular weight is 269 g/mol. The van der Waals surface area contributed by atoms with Gasteiger partial charge in [-0.05, 0) is 25.8 Å². The van der Waals surface area contributed by atoms with Crippen LogP contribution in [-0.2, 0) is 4.74 Å². The van der Waals surface area contributed by atoms with Crippen molar-refractivity contribution in [2.45, 2.75) is 25.9 Å². The van der Waals surface area contributed by atoms with E-state index in [1.54, 1.807) is 12.3 Å². The largest absolute Gasteiger partial charge is 0.377 e. The van der Waals surface area contributed by atoms with Crippen molar-refractivity contribution in [2.24, 2.45) is 0 Å². The number of carbonyl (C=O) groups is 1. The van der Waals surface area contributed by atoms with Gasteiger partial charge < -0.3 is 9.64 Å². The van der Waals surface area contributed by atoms with Crippen LogP contribution in [0.15, 0.2) is 18.5 Å². The minimum atomic E-state index is -0.0354. The quantitative estimate of drug-likeness (QED) is 0.845. The van der Waals surface area contributed by atoms with E-state index >= 15 is 0 Å². The Morgan fingerprint density at radius 3 is 3.22 bits per heavy atom. The lowest BCUT2D eigenvalue weighted by atomic mass is 10.1. The molecule has 1 aromatic rings. The summed E-state index contributed by atoms with van der Waals surface area (Å²) in [6.07, 6.45) is 5.22. The predicted molar refractivity (Wildman–Crippen MR) is 69.8 cm³/mol. The van der Waals surface area contributed by atoms with Crippen LogP contribution in [0.5, 0.6) is 0 Å². The number of aromatic nitrogens is 1. The molecule has 1 saturated heterocycles. The first kappa shape index (κ1) is 13.3. The highest BCUT2D eigenvalue weighted by Gasteiger charge is 2.25. The number of pyridine rings is 1. The van der Waals surface area contributed by atoms with Gasteiger partial charge in [0.2, 0.25) is 0 Å². The summed E-state index contributed by atoms with van der Waals surface area (Å²) in [6, 6.07) is 1.66. The molecule has 0 radical (unpaired) electrons. The lowest BCUT2D eigenvalue weighted by Gasteiger charge is -2.32. The smallest absolute Gasteiger partial charge is 0.255 e. The Hall–Kier alpha value is -1.13. The van der Waals surface area contributed by atoms with E-state index < -0.39 is 0 Å². The van der Waals surface area contributed by atoms with Crippen molar-refractivity contribution in [3.63, 3.8) is 0 Å². The number of halogens is 1. The van der Waals surface area contributed by atoms with Crippen LogP contribution < -0.4 is 0 Å². The SMILES string of the molecule is CCOC1CCCN(C(=O)c2ccncc2Cl)C1. The zero-order valence-electron chi connectivity index (χ0n) is 10.4. The monoisotopic (exact) mass is 268 g/mol. The van der Waals surface area contributed by atoms with Gasteiger partial charge in [0.1, 0.15) is 0 Å². The van der Waals surface area contributed by atoms with Crippen LogP contribution in [0.2, 0.25) is 5.02 Å². The molecule has 18 heavy (non-hydrogen) atoms. The lowest BCUT2D eigenvalue weighted by molar-refractivity contribution is 0.00724. The summed E-state index contributed by atoms with van der Waals surface area (Å²) in [5, 5.41) is 0.404. The Balaban J connectivity index is 2.07. The number of nitrogens with zero attached hydrogens (tertiary/aromatic N) is 2. The van der Waals surface area contributed by atoms with E-state index in [0.29, 0.717) is 23.7 Å². The molecule has 0 N–H and O–H groups in total. The summed E-state index contributed by atoms with van der Waals surface area (Å²) in [5.41, 5.74) is 0.517. The average Bonchev–Trinajstić information content (AvgIpc) is 2.39. The maximum Gasteiger partial charge on any atom is 0.255 e. The van der Waals surface area contributed by atoms with E-state index in [2.05, 4.69) is 4.98 Å². The van der Waals surface area contributed by atoms with Gasteiger partial charge in [-0.3, -0.25) is 9.78 Å². The Morgan fingerprint density at radius 2 is 2.50 bits per heavy atom. The fourth-order valence-electron chi connectivity index (χ4n) is 2.21. The van der Waals surface area contributed by atoms with Crippen LogP contribution in [0.25, 0.3) is 0 Å². The molecule has 4 nitrogen and oxygen atoms in total. The molecular weight excluding hydrogens is 252 g/mol. The molecule has 5 heteroatoms. The molecule has 2 heterocycles. The number of ether oxygens (including phenoxy) is 1.